The van der Waals surface area contributed by atoms with Gasteiger partial charge in [0.25, 0.3) is 0 Å². The van der Waals surface area contributed by atoms with Gasteiger partial charge in [-0.15, -0.1) is 11.8 Å². The van der Waals surface area contributed by atoms with Crippen LogP contribution in [0.15, 0.2) is 0 Å². The monoisotopic (exact) mass is 138 g/mol. The molecule has 0 spiro atoms. The summed E-state index contributed by atoms with van der Waals surface area (Å²) in [5, 5.41) is 0. The quantitative estimate of drug-likeness (QED) is 0.526. The lowest BCUT2D eigenvalue weighted by Crippen LogP contribution is -1.99. The van der Waals surface area contributed by atoms with Crippen LogP contribution in [0.25, 0.3) is 0 Å². The third kappa shape index (κ3) is 4.44. The molecule has 10 heavy (non-hydrogen) atoms. The minimum atomic E-state index is 0.630. The SMILES string of the molecule is CC#CC(CC)CC(C)C. The summed E-state index contributed by atoms with van der Waals surface area (Å²) in [7, 11) is 0. The van der Waals surface area contributed by atoms with Crippen LogP contribution in [0.5, 0.6) is 0 Å². The van der Waals surface area contributed by atoms with Crippen molar-refractivity contribution < 1.29 is 0 Å². The van der Waals surface area contributed by atoms with Gasteiger partial charge in [0.05, 0.1) is 0 Å². The van der Waals surface area contributed by atoms with E-state index in [2.05, 4.69) is 32.6 Å². The first-order chi connectivity index (χ1) is 4.70. The van der Waals surface area contributed by atoms with E-state index in [0.29, 0.717) is 5.92 Å². The highest BCUT2D eigenvalue weighted by Gasteiger charge is 2.03. The summed E-state index contributed by atoms with van der Waals surface area (Å²) in [4.78, 5) is 0. The standard InChI is InChI=1S/C10H18/c1-5-7-10(6-2)8-9(3)4/h9-10H,6,8H2,1-4H3. The van der Waals surface area contributed by atoms with Gasteiger partial charge in [-0.05, 0) is 25.7 Å². The normalized spacial score (nSPS) is 12.5. The van der Waals surface area contributed by atoms with E-state index in [1.807, 2.05) is 6.92 Å². The molecule has 58 valence electrons. The molecule has 0 rings (SSSR count). The van der Waals surface area contributed by atoms with E-state index in [-0.39, 0.29) is 0 Å². The molecule has 1 unspecified atom stereocenters. The highest BCUT2D eigenvalue weighted by atomic mass is 14.1. The Morgan fingerprint density at radius 3 is 2.20 bits per heavy atom. The first-order valence-corrected chi connectivity index (χ1v) is 4.13. The van der Waals surface area contributed by atoms with Crippen molar-refractivity contribution in [2.75, 3.05) is 0 Å². The Hall–Kier alpha value is -0.440. The molecular weight excluding hydrogens is 120 g/mol. The van der Waals surface area contributed by atoms with Crippen LogP contribution in [0, 0.1) is 23.7 Å². The van der Waals surface area contributed by atoms with Crippen molar-refractivity contribution in [1.29, 1.82) is 0 Å². The smallest absolute Gasteiger partial charge is 0.0202 e. The van der Waals surface area contributed by atoms with Crippen LogP contribution < -0.4 is 0 Å². The van der Waals surface area contributed by atoms with Gasteiger partial charge in [0.2, 0.25) is 0 Å². The molecular formula is C10H18. The first kappa shape index (κ1) is 9.56. The molecule has 0 aliphatic heterocycles. The second-order valence-electron chi connectivity index (χ2n) is 3.13. The molecule has 0 heteroatoms. The van der Waals surface area contributed by atoms with Crippen LogP contribution >= 0.6 is 0 Å². The van der Waals surface area contributed by atoms with Gasteiger partial charge in [-0.1, -0.05) is 20.8 Å². The van der Waals surface area contributed by atoms with Gasteiger partial charge in [-0.3, -0.25) is 0 Å². The van der Waals surface area contributed by atoms with Crippen molar-refractivity contribution in [1.82, 2.24) is 0 Å². The van der Waals surface area contributed by atoms with Crippen molar-refractivity contribution in [3.8, 4) is 11.8 Å². The highest BCUT2D eigenvalue weighted by molar-refractivity contribution is 5.00. The van der Waals surface area contributed by atoms with Crippen LogP contribution in [-0.4, -0.2) is 0 Å². The lowest BCUT2D eigenvalue weighted by atomic mass is 9.95. The fourth-order valence-electron chi connectivity index (χ4n) is 1.10. The van der Waals surface area contributed by atoms with E-state index in [1.165, 1.54) is 12.8 Å². The van der Waals surface area contributed by atoms with E-state index < -0.39 is 0 Å². The van der Waals surface area contributed by atoms with Crippen molar-refractivity contribution >= 4 is 0 Å². The Labute approximate surface area is 65.0 Å². The predicted octanol–water partition coefficient (Wildman–Crippen LogP) is 3.08. The molecule has 0 aromatic carbocycles. The summed E-state index contributed by atoms with van der Waals surface area (Å²) >= 11 is 0. The van der Waals surface area contributed by atoms with Crippen molar-refractivity contribution in [2.24, 2.45) is 11.8 Å². The van der Waals surface area contributed by atoms with E-state index in [1.54, 1.807) is 0 Å². The fourth-order valence-corrected chi connectivity index (χ4v) is 1.10. The third-order valence-electron chi connectivity index (χ3n) is 1.60. The Morgan fingerprint density at radius 2 is 1.90 bits per heavy atom. The molecule has 0 aliphatic rings. The van der Waals surface area contributed by atoms with E-state index in [0.717, 1.165) is 5.92 Å². The van der Waals surface area contributed by atoms with Crippen LogP contribution in [-0.2, 0) is 0 Å². The van der Waals surface area contributed by atoms with Crippen LogP contribution in [0.4, 0.5) is 0 Å². The summed E-state index contributed by atoms with van der Waals surface area (Å²) in [6, 6.07) is 0. The van der Waals surface area contributed by atoms with Gasteiger partial charge >= 0.3 is 0 Å². The Bertz CT molecular complexity index is 123. The second kappa shape index (κ2) is 5.35. The maximum absolute atomic E-state index is 3.21. The van der Waals surface area contributed by atoms with Crippen molar-refractivity contribution in [3.63, 3.8) is 0 Å². The molecule has 0 aliphatic carbocycles. The maximum Gasteiger partial charge on any atom is 0.0202 e. The molecule has 0 saturated carbocycles. The summed E-state index contributed by atoms with van der Waals surface area (Å²) in [6.45, 7) is 8.63. The average Bonchev–Trinajstić information content (AvgIpc) is 1.86. The van der Waals surface area contributed by atoms with E-state index >= 15 is 0 Å². The first-order valence-electron chi connectivity index (χ1n) is 4.13. The van der Waals surface area contributed by atoms with Gasteiger partial charge in [-0.2, -0.15) is 0 Å². The molecule has 0 amide bonds. The molecule has 0 fully saturated rings. The summed E-state index contributed by atoms with van der Waals surface area (Å²) in [5.74, 6) is 7.60. The molecule has 1 atom stereocenters. The van der Waals surface area contributed by atoms with Crippen LogP contribution in [0.3, 0.4) is 0 Å². The van der Waals surface area contributed by atoms with Gasteiger partial charge in [0.15, 0.2) is 0 Å². The highest BCUT2D eigenvalue weighted by Crippen LogP contribution is 2.13. The van der Waals surface area contributed by atoms with Crippen molar-refractivity contribution in [3.05, 3.63) is 0 Å². The van der Waals surface area contributed by atoms with Crippen LogP contribution in [0.2, 0.25) is 0 Å². The summed E-state index contributed by atoms with van der Waals surface area (Å²) in [6.07, 6.45) is 2.44. The molecule has 0 saturated heterocycles. The van der Waals surface area contributed by atoms with Gasteiger partial charge in [-0.25, -0.2) is 0 Å². The van der Waals surface area contributed by atoms with Gasteiger partial charge in [0, 0.05) is 5.92 Å². The number of rotatable bonds is 3. The zero-order valence-electron chi connectivity index (χ0n) is 7.57. The number of hydrogen-bond acceptors (Lipinski definition) is 0. The Balaban J connectivity index is 3.68. The van der Waals surface area contributed by atoms with E-state index in [9.17, 15) is 0 Å². The maximum atomic E-state index is 3.21. The molecule has 0 aromatic rings. The van der Waals surface area contributed by atoms with Crippen molar-refractivity contribution in [2.45, 2.75) is 40.5 Å². The lowest BCUT2D eigenvalue weighted by molar-refractivity contribution is 0.477. The minimum Gasteiger partial charge on any atom is -0.106 e. The molecule has 0 nitrogen and oxygen atoms in total. The largest absolute Gasteiger partial charge is 0.106 e. The molecule has 0 radical (unpaired) electrons. The zero-order chi connectivity index (χ0) is 7.98. The van der Waals surface area contributed by atoms with Gasteiger partial charge in [0.1, 0.15) is 0 Å². The Kier molecular flexibility index (Phi) is 5.12. The predicted molar refractivity (Wildman–Crippen MR) is 46.7 cm³/mol. The zero-order valence-corrected chi connectivity index (χ0v) is 7.57. The third-order valence-corrected chi connectivity index (χ3v) is 1.60. The minimum absolute atomic E-state index is 0.630. The Morgan fingerprint density at radius 1 is 1.30 bits per heavy atom. The molecule has 0 bridgehead atoms. The topological polar surface area (TPSA) is 0 Å². The fraction of sp³-hybridized carbons (Fsp3) is 0.800. The second-order valence-corrected chi connectivity index (χ2v) is 3.13. The summed E-state index contributed by atoms with van der Waals surface area (Å²) in [5.41, 5.74) is 0. The summed E-state index contributed by atoms with van der Waals surface area (Å²) < 4.78 is 0. The van der Waals surface area contributed by atoms with Gasteiger partial charge < -0.3 is 0 Å². The average molecular weight is 138 g/mol. The van der Waals surface area contributed by atoms with E-state index in [4.69, 9.17) is 0 Å². The molecule has 0 aromatic heterocycles. The lowest BCUT2D eigenvalue weighted by Gasteiger charge is -2.09. The molecule has 0 N–H and O–H groups in total. The van der Waals surface area contributed by atoms with Crippen LogP contribution in [0.1, 0.15) is 40.5 Å². The number of hydrogen-bond donors (Lipinski definition) is 0. The molecule has 0 heterocycles.